The summed E-state index contributed by atoms with van der Waals surface area (Å²) in [5.41, 5.74) is 0. The Balaban J connectivity index is 1.65. The highest BCUT2D eigenvalue weighted by Gasteiger charge is 2.34. The van der Waals surface area contributed by atoms with E-state index in [1.165, 1.54) is 17.7 Å². The SMILES string of the molecule is CCN(CC(=O)N1CCCC1c1cccs1)C1CC1. The zero-order valence-electron chi connectivity index (χ0n) is 11.5. The molecular formula is C15H22N2OS. The van der Waals surface area contributed by atoms with Gasteiger partial charge in [0.25, 0.3) is 0 Å². The van der Waals surface area contributed by atoms with Gasteiger partial charge in [-0.05, 0) is 43.7 Å². The van der Waals surface area contributed by atoms with E-state index in [2.05, 4.69) is 34.2 Å². The molecule has 1 atom stereocenters. The molecule has 0 bridgehead atoms. The Labute approximate surface area is 119 Å². The van der Waals surface area contributed by atoms with E-state index >= 15 is 0 Å². The topological polar surface area (TPSA) is 23.6 Å². The summed E-state index contributed by atoms with van der Waals surface area (Å²) < 4.78 is 0. The standard InChI is InChI=1S/C15H22N2OS/c1-2-16(12-7-8-12)11-15(18)17-9-3-5-13(17)14-6-4-10-19-14/h4,6,10,12-13H,2-3,5,7-9,11H2,1H3. The van der Waals surface area contributed by atoms with Crippen molar-refractivity contribution in [3.05, 3.63) is 22.4 Å². The van der Waals surface area contributed by atoms with Crippen molar-refractivity contribution in [2.75, 3.05) is 19.6 Å². The Bertz CT molecular complexity index is 427. The Hall–Kier alpha value is -0.870. The van der Waals surface area contributed by atoms with Gasteiger partial charge in [-0.3, -0.25) is 9.69 Å². The van der Waals surface area contributed by atoms with Gasteiger partial charge >= 0.3 is 0 Å². The van der Waals surface area contributed by atoms with E-state index in [9.17, 15) is 4.79 Å². The Kier molecular flexibility index (Phi) is 3.89. The van der Waals surface area contributed by atoms with Crippen LogP contribution in [-0.2, 0) is 4.79 Å². The number of rotatable bonds is 5. The van der Waals surface area contributed by atoms with Gasteiger partial charge in [-0.25, -0.2) is 0 Å². The smallest absolute Gasteiger partial charge is 0.237 e. The molecule has 19 heavy (non-hydrogen) atoms. The molecule has 0 radical (unpaired) electrons. The zero-order chi connectivity index (χ0) is 13.2. The zero-order valence-corrected chi connectivity index (χ0v) is 12.4. The summed E-state index contributed by atoms with van der Waals surface area (Å²) in [4.78, 5) is 18.3. The molecule has 1 amide bonds. The molecule has 2 aliphatic rings. The van der Waals surface area contributed by atoms with Crippen LogP contribution in [0.4, 0.5) is 0 Å². The van der Waals surface area contributed by atoms with Crippen molar-refractivity contribution >= 4 is 17.2 Å². The third kappa shape index (κ3) is 2.84. The molecule has 1 saturated heterocycles. The number of carbonyl (C=O) groups excluding carboxylic acids is 1. The summed E-state index contributed by atoms with van der Waals surface area (Å²) in [6.45, 7) is 4.70. The largest absolute Gasteiger partial charge is 0.334 e. The van der Waals surface area contributed by atoms with E-state index in [1.807, 2.05) is 0 Å². The van der Waals surface area contributed by atoms with Gasteiger partial charge in [0.2, 0.25) is 5.91 Å². The molecule has 0 N–H and O–H groups in total. The van der Waals surface area contributed by atoms with E-state index in [4.69, 9.17) is 0 Å². The van der Waals surface area contributed by atoms with Crippen LogP contribution in [0.25, 0.3) is 0 Å². The van der Waals surface area contributed by atoms with Gasteiger partial charge in [0.1, 0.15) is 0 Å². The van der Waals surface area contributed by atoms with E-state index in [1.54, 1.807) is 11.3 Å². The number of hydrogen-bond acceptors (Lipinski definition) is 3. The number of likely N-dealkylation sites (tertiary alicyclic amines) is 1. The number of hydrogen-bond donors (Lipinski definition) is 0. The van der Waals surface area contributed by atoms with Crippen LogP contribution in [0.15, 0.2) is 17.5 Å². The number of nitrogens with zero attached hydrogens (tertiary/aromatic N) is 2. The fraction of sp³-hybridized carbons (Fsp3) is 0.667. The normalized spacial score (nSPS) is 23.3. The van der Waals surface area contributed by atoms with Crippen molar-refractivity contribution in [1.29, 1.82) is 0 Å². The van der Waals surface area contributed by atoms with Gasteiger partial charge in [-0.1, -0.05) is 13.0 Å². The first kappa shape index (κ1) is 13.1. The fourth-order valence-corrected chi connectivity index (χ4v) is 3.92. The van der Waals surface area contributed by atoms with E-state index in [0.717, 1.165) is 25.9 Å². The first-order valence-electron chi connectivity index (χ1n) is 7.36. The second-order valence-electron chi connectivity index (χ2n) is 5.55. The van der Waals surface area contributed by atoms with Crippen LogP contribution < -0.4 is 0 Å². The number of carbonyl (C=O) groups is 1. The van der Waals surface area contributed by atoms with Crippen molar-refractivity contribution in [2.45, 2.75) is 44.7 Å². The van der Waals surface area contributed by atoms with Crippen molar-refractivity contribution in [3.63, 3.8) is 0 Å². The molecule has 1 unspecified atom stereocenters. The van der Waals surface area contributed by atoms with Crippen molar-refractivity contribution in [3.8, 4) is 0 Å². The third-order valence-corrected chi connectivity index (χ3v) is 5.23. The molecule has 0 spiro atoms. The van der Waals surface area contributed by atoms with Gasteiger partial charge in [0, 0.05) is 17.5 Å². The molecule has 1 aliphatic heterocycles. The van der Waals surface area contributed by atoms with Crippen LogP contribution in [-0.4, -0.2) is 41.4 Å². The van der Waals surface area contributed by atoms with Gasteiger partial charge in [0.15, 0.2) is 0 Å². The lowest BCUT2D eigenvalue weighted by molar-refractivity contribution is -0.133. The number of thiophene rings is 1. The summed E-state index contributed by atoms with van der Waals surface area (Å²) in [5, 5.41) is 2.11. The molecule has 1 saturated carbocycles. The van der Waals surface area contributed by atoms with Crippen LogP contribution in [0.5, 0.6) is 0 Å². The summed E-state index contributed by atoms with van der Waals surface area (Å²) in [7, 11) is 0. The van der Waals surface area contributed by atoms with Gasteiger partial charge in [-0.15, -0.1) is 11.3 Å². The van der Waals surface area contributed by atoms with Crippen LogP contribution >= 0.6 is 11.3 Å². The third-order valence-electron chi connectivity index (χ3n) is 4.25. The van der Waals surface area contributed by atoms with Crippen molar-refractivity contribution in [2.24, 2.45) is 0 Å². The second kappa shape index (κ2) is 5.63. The quantitative estimate of drug-likeness (QED) is 0.827. The van der Waals surface area contributed by atoms with Crippen LogP contribution in [0.1, 0.15) is 43.5 Å². The second-order valence-corrected chi connectivity index (χ2v) is 6.53. The van der Waals surface area contributed by atoms with Gasteiger partial charge in [0.05, 0.1) is 12.6 Å². The van der Waals surface area contributed by atoms with Crippen molar-refractivity contribution in [1.82, 2.24) is 9.80 Å². The maximum Gasteiger partial charge on any atom is 0.237 e. The van der Waals surface area contributed by atoms with E-state index < -0.39 is 0 Å². The molecule has 0 aromatic carbocycles. The predicted octanol–water partition coefficient (Wildman–Crippen LogP) is 2.90. The monoisotopic (exact) mass is 278 g/mol. The van der Waals surface area contributed by atoms with E-state index in [0.29, 0.717) is 24.5 Å². The molecule has 1 aromatic heterocycles. The molecule has 2 heterocycles. The highest BCUT2D eigenvalue weighted by molar-refractivity contribution is 7.10. The Morgan fingerprint density at radius 2 is 2.32 bits per heavy atom. The number of likely N-dealkylation sites (N-methyl/N-ethyl adjacent to an activating group) is 1. The molecule has 1 aromatic rings. The lowest BCUT2D eigenvalue weighted by Crippen LogP contribution is -2.40. The summed E-state index contributed by atoms with van der Waals surface area (Å²) in [6, 6.07) is 5.27. The maximum atomic E-state index is 12.5. The number of amides is 1. The van der Waals surface area contributed by atoms with Crippen LogP contribution in [0.3, 0.4) is 0 Å². The van der Waals surface area contributed by atoms with Gasteiger partial charge < -0.3 is 4.90 Å². The molecular weight excluding hydrogens is 256 g/mol. The highest BCUT2D eigenvalue weighted by Crippen LogP contribution is 2.35. The van der Waals surface area contributed by atoms with E-state index in [-0.39, 0.29) is 0 Å². The van der Waals surface area contributed by atoms with Crippen molar-refractivity contribution < 1.29 is 4.79 Å². The summed E-state index contributed by atoms with van der Waals surface area (Å²) in [5.74, 6) is 0.324. The average molecular weight is 278 g/mol. The molecule has 3 nitrogen and oxygen atoms in total. The minimum atomic E-state index is 0.324. The van der Waals surface area contributed by atoms with Crippen LogP contribution in [0.2, 0.25) is 0 Å². The lowest BCUT2D eigenvalue weighted by atomic mass is 10.2. The minimum absolute atomic E-state index is 0.324. The van der Waals surface area contributed by atoms with Crippen LogP contribution in [0, 0.1) is 0 Å². The average Bonchev–Trinajstić information content (AvgIpc) is 2.95. The predicted molar refractivity (Wildman–Crippen MR) is 78.3 cm³/mol. The minimum Gasteiger partial charge on any atom is -0.334 e. The Morgan fingerprint density at radius 3 is 2.95 bits per heavy atom. The molecule has 1 aliphatic carbocycles. The molecule has 4 heteroatoms. The fourth-order valence-electron chi connectivity index (χ4n) is 3.05. The summed E-state index contributed by atoms with van der Waals surface area (Å²) in [6.07, 6.45) is 4.82. The first-order chi connectivity index (χ1) is 9.29. The van der Waals surface area contributed by atoms with Gasteiger partial charge in [-0.2, -0.15) is 0 Å². The molecule has 2 fully saturated rings. The molecule has 3 rings (SSSR count). The molecule has 104 valence electrons. The summed E-state index contributed by atoms with van der Waals surface area (Å²) >= 11 is 1.78. The lowest BCUT2D eigenvalue weighted by Gasteiger charge is -2.27. The highest BCUT2D eigenvalue weighted by atomic mass is 32.1. The Morgan fingerprint density at radius 1 is 1.47 bits per heavy atom. The maximum absolute atomic E-state index is 12.5. The first-order valence-corrected chi connectivity index (χ1v) is 8.24.